The Morgan fingerprint density at radius 1 is 1.57 bits per heavy atom. The summed E-state index contributed by atoms with van der Waals surface area (Å²) in [5.74, 6) is -2.87. The number of carboxylic acids is 1. The van der Waals surface area contributed by atoms with E-state index in [1.165, 1.54) is 12.1 Å². The largest absolute Gasteiger partial charge is 0.476 e. The van der Waals surface area contributed by atoms with Crippen LogP contribution < -0.4 is 0 Å². The number of halogens is 1. The lowest BCUT2D eigenvalue weighted by atomic mass is 10.1. The summed E-state index contributed by atoms with van der Waals surface area (Å²) in [5, 5.41) is 16.8. The van der Waals surface area contributed by atoms with Gasteiger partial charge in [0.15, 0.2) is 0 Å². The SMILES string of the molecule is N#Cc1cccc(C=C(F)C(=O)O)c1. The predicted molar refractivity (Wildman–Crippen MR) is 47.9 cm³/mol. The minimum atomic E-state index is -1.62. The Morgan fingerprint density at radius 3 is 2.86 bits per heavy atom. The van der Waals surface area contributed by atoms with Gasteiger partial charge in [0.25, 0.3) is 0 Å². The van der Waals surface area contributed by atoms with Crippen LogP contribution in [0.2, 0.25) is 0 Å². The number of carbonyl (C=O) groups is 1. The zero-order valence-corrected chi connectivity index (χ0v) is 7.07. The number of rotatable bonds is 2. The highest BCUT2D eigenvalue weighted by Gasteiger charge is 2.04. The van der Waals surface area contributed by atoms with Crippen molar-refractivity contribution in [1.29, 1.82) is 5.26 Å². The highest BCUT2D eigenvalue weighted by molar-refractivity contribution is 5.89. The maximum absolute atomic E-state index is 12.6. The topological polar surface area (TPSA) is 61.1 Å². The molecule has 0 atom stereocenters. The van der Waals surface area contributed by atoms with Gasteiger partial charge in [0.1, 0.15) is 0 Å². The molecular weight excluding hydrogens is 185 g/mol. The first-order valence-corrected chi connectivity index (χ1v) is 3.74. The molecule has 4 heteroatoms. The number of carboxylic acid groups (broad SMARTS) is 1. The van der Waals surface area contributed by atoms with Gasteiger partial charge in [0.2, 0.25) is 5.83 Å². The van der Waals surface area contributed by atoms with Crippen LogP contribution in [0.3, 0.4) is 0 Å². The van der Waals surface area contributed by atoms with Crippen LogP contribution in [0.4, 0.5) is 4.39 Å². The molecule has 0 saturated heterocycles. The van der Waals surface area contributed by atoms with Gasteiger partial charge in [-0.3, -0.25) is 0 Å². The van der Waals surface area contributed by atoms with Crippen molar-refractivity contribution in [3.05, 3.63) is 41.2 Å². The fourth-order valence-corrected chi connectivity index (χ4v) is 0.906. The molecular formula is C10H6FNO2. The first-order valence-electron chi connectivity index (χ1n) is 3.74. The standard InChI is InChI=1S/C10H6FNO2/c11-9(10(13)14)5-7-2-1-3-8(4-7)6-12/h1-5H,(H,13,14). The van der Waals surface area contributed by atoms with Gasteiger partial charge in [-0.25, -0.2) is 4.79 Å². The van der Waals surface area contributed by atoms with Gasteiger partial charge >= 0.3 is 5.97 Å². The molecule has 0 bridgehead atoms. The van der Waals surface area contributed by atoms with Crippen molar-refractivity contribution in [1.82, 2.24) is 0 Å². The van der Waals surface area contributed by atoms with E-state index in [0.29, 0.717) is 11.1 Å². The Hall–Kier alpha value is -2.15. The second kappa shape index (κ2) is 4.19. The summed E-state index contributed by atoms with van der Waals surface area (Å²) in [6.07, 6.45) is 0.864. The molecule has 1 N–H and O–H groups in total. The molecule has 1 rings (SSSR count). The van der Waals surface area contributed by atoms with E-state index in [4.69, 9.17) is 10.4 Å². The number of hydrogen-bond acceptors (Lipinski definition) is 2. The normalized spacial score (nSPS) is 10.7. The van der Waals surface area contributed by atoms with Crippen molar-refractivity contribution >= 4 is 12.0 Å². The Morgan fingerprint density at radius 2 is 2.29 bits per heavy atom. The van der Waals surface area contributed by atoms with Crippen molar-refractivity contribution < 1.29 is 14.3 Å². The fraction of sp³-hybridized carbons (Fsp3) is 0. The van der Waals surface area contributed by atoms with Crippen molar-refractivity contribution in [3.8, 4) is 6.07 Å². The van der Waals surface area contributed by atoms with E-state index in [1.54, 1.807) is 12.1 Å². The van der Waals surface area contributed by atoms with E-state index in [2.05, 4.69) is 0 Å². The second-order valence-corrected chi connectivity index (χ2v) is 2.53. The predicted octanol–water partition coefficient (Wildman–Crippen LogP) is 1.95. The number of nitrogens with zero attached hydrogens (tertiary/aromatic N) is 1. The van der Waals surface area contributed by atoms with E-state index in [9.17, 15) is 9.18 Å². The second-order valence-electron chi connectivity index (χ2n) is 2.53. The summed E-state index contributed by atoms with van der Waals surface area (Å²) < 4.78 is 12.6. The molecule has 3 nitrogen and oxygen atoms in total. The van der Waals surface area contributed by atoms with Crippen molar-refractivity contribution in [2.24, 2.45) is 0 Å². The Balaban J connectivity index is 3.04. The van der Waals surface area contributed by atoms with Gasteiger partial charge in [0.05, 0.1) is 11.6 Å². The van der Waals surface area contributed by atoms with E-state index >= 15 is 0 Å². The summed E-state index contributed by atoms with van der Waals surface area (Å²) in [6.45, 7) is 0. The Labute approximate surface area is 79.7 Å². The zero-order valence-electron chi connectivity index (χ0n) is 7.07. The third kappa shape index (κ3) is 2.42. The molecule has 0 saturated carbocycles. The van der Waals surface area contributed by atoms with Crippen LogP contribution in [0, 0.1) is 11.3 Å². The van der Waals surface area contributed by atoms with Gasteiger partial charge in [-0.15, -0.1) is 0 Å². The minimum absolute atomic E-state index is 0.351. The molecule has 0 unspecified atom stereocenters. The van der Waals surface area contributed by atoms with Crippen molar-refractivity contribution in [3.63, 3.8) is 0 Å². The number of benzene rings is 1. The third-order valence-electron chi connectivity index (χ3n) is 1.51. The van der Waals surface area contributed by atoms with Crippen LogP contribution in [0.15, 0.2) is 30.1 Å². The molecule has 0 aliphatic rings. The average Bonchev–Trinajstić information content (AvgIpc) is 2.18. The van der Waals surface area contributed by atoms with Gasteiger partial charge in [-0.1, -0.05) is 12.1 Å². The molecule has 0 amide bonds. The molecule has 1 aromatic carbocycles. The molecule has 0 aliphatic carbocycles. The molecule has 0 heterocycles. The fourth-order valence-electron chi connectivity index (χ4n) is 0.906. The average molecular weight is 191 g/mol. The molecule has 0 fully saturated rings. The van der Waals surface area contributed by atoms with Crippen LogP contribution >= 0.6 is 0 Å². The molecule has 0 aliphatic heterocycles. The van der Waals surface area contributed by atoms with E-state index < -0.39 is 11.8 Å². The van der Waals surface area contributed by atoms with Gasteiger partial charge in [-0.2, -0.15) is 9.65 Å². The quantitative estimate of drug-likeness (QED) is 0.726. The highest BCUT2D eigenvalue weighted by Crippen LogP contribution is 2.10. The minimum Gasteiger partial charge on any atom is -0.476 e. The van der Waals surface area contributed by atoms with Crippen LogP contribution in [0.25, 0.3) is 6.08 Å². The Bertz CT molecular complexity index is 432. The van der Waals surface area contributed by atoms with Crippen LogP contribution in [-0.2, 0) is 4.79 Å². The van der Waals surface area contributed by atoms with E-state index in [0.717, 1.165) is 6.08 Å². The van der Waals surface area contributed by atoms with Crippen LogP contribution in [0.5, 0.6) is 0 Å². The van der Waals surface area contributed by atoms with Crippen LogP contribution in [-0.4, -0.2) is 11.1 Å². The molecule has 70 valence electrons. The summed E-state index contributed by atoms with van der Waals surface area (Å²) in [7, 11) is 0. The number of hydrogen-bond donors (Lipinski definition) is 1. The lowest BCUT2D eigenvalue weighted by Crippen LogP contribution is -1.94. The van der Waals surface area contributed by atoms with E-state index in [1.807, 2.05) is 6.07 Å². The third-order valence-corrected chi connectivity index (χ3v) is 1.51. The molecule has 0 spiro atoms. The lowest BCUT2D eigenvalue weighted by molar-refractivity contribution is -0.134. The Kier molecular flexibility index (Phi) is 2.97. The maximum atomic E-state index is 12.6. The summed E-state index contributed by atoms with van der Waals surface area (Å²) in [4.78, 5) is 10.1. The molecule has 0 radical (unpaired) electrons. The van der Waals surface area contributed by atoms with Crippen molar-refractivity contribution in [2.75, 3.05) is 0 Å². The van der Waals surface area contributed by atoms with Crippen molar-refractivity contribution in [2.45, 2.75) is 0 Å². The number of aliphatic carboxylic acids is 1. The summed E-state index contributed by atoms with van der Waals surface area (Å²) in [5.41, 5.74) is 0.709. The summed E-state index contributed by atoms with van der Waals surface area (Å²) in [6, 6.07) is 7.90. The maximum Gasteiger partial charge on any atom is 0.364 e. The smallest absolute Gasteiger partial charge is 0.364 e. The van der Waals surface area contributed by atoms with E-state index in [-0.39, 0.29) is 0 Å². The molecule has 1 aromatic rings. The molecule has 0 aromatic heterocycles. The zero-order chi connectivity index (χ0) is 10.6. The van der Waals surface area contributed by atoms with Gasteiger partial charge < -0.3 is 5.11 Å². The monoisotopic (exact) mass is 191 g/mol. The first kappa shape index (κ1) is 9.93. The highest BCUT2D eigenvalue weighted by atomic mass is 19.1. The van der Waals surface area contributed by atoms with Gasteiger partial charge in [0, 0.05) is 0 Å². The van der Waals surface area contributed by atoms with Gasteiger partial charge in [-0.05, 0) is 23.8 Å². The lowest BCUT2D eigenvalue weighted by Gasteiger charge is -1.93. The summed E-state index contributed by atoms with van der Waals surface area (Å²) >= 11 is 0. The first-order chi connectivity index (χ1) is 6.63. The van der Waals surface area contributed by atoms with Crippen LogP contribution in [0.1, 0.15) is 11.1 Å². The number of nitriles is 1. The molecule has 14 heavy (non-hydrogen) atoms.